The number of rotatable bonds is 2. The first-order chi connectivity index (χ1) is 13.8. The van der Waals surface area contributed by atoms with Crippen molar-refractivity contribution in [1.82, 2.24) is 9.97 Å². The third-order valence-electron chi connectivity index (χ3n) is 6.02. The Morgan fingerprint density at radius 3 is 2.43 bits per heavy atom. The lowest BCUT2D eigenvalue weighted by molar-refractivity contribution is 0.109. The molecule has 0 bridgehead atoms. The SMILES string of the molecule is N#Cc1cccnc1N1CC2CN(c3nc4c(cc3C#N)COCC4)CC2C1. The van der Waals surface area contributed by atoms with Crippen molar-refractivity contribution >= 4 is 11.6 Å². The number of aromatic nitrogens is 2. The number of pyridine rings is 2. The third kappa shape index (κ3) is 2.76. The van der Waals surface area contributed by atoms with Gasteiger partial charge in [0.25, 0.3) is 0 Å². The minimum Gasteiger partial charge on any atom is -0.376 e. The summed E-state index contributed by atoms with van der Waals surface area (Å²) in [6.45, 7) is 4.76. The van der Waals surface area contributed by atoms with Gasteiger partial charge in [-0.1, -0.05) is 0 Å². The number of nitrogens with zero attached hydrogens (tertiary/aromatic N) is 6. The van der Waals surface area contributed by atoms with E-state index in [4.69, 9.17) is 9.72 Å². The van der Waals surface area contributed by atoms with E-state index in [1.807, 2.05) is 12.1 Å². The highest BCUT2D eigenvalue weighted by atomic mass is 16.5. The van der Waals surface area contributed by atoms with Crippen molar-refractivity contribution in [2.75, 3.05) is 42.6 Å². The number of hydrogen-bond donors (Lipinski definition) is 0. The van der Waals surface area contributed by atoms with Crippen LogP contribution in [-0.2, 0) is 17.8 Å². The zero-order valence-electron chi connectivity index (χ0n) is 15.5. The molecule has 3 aliphatic rings. The van der Waals surface area contributed by atoms with Crippen LogP contribution in [0.4, 0.5) is 11.6 Å². The lowest BCUT2D eigenvalue weighted by Crippen LogP contribution is -2.31. The normalized spacial score (nSPS) is 23.1. The second-order valence-corrected chi connectivity index (χ2v) is 7.70. The van der Waals surface area contributed by atoms with Gasteiger partial charge in [0.05, 0.1) is 30.0 Å². The van der Waals surface area contributed by atoms with E-state index in [0.29, 0.717) is 36.2 Å². The monoisotopic (exact) mass is 372 g/mol. The average molecular weight is 372 g/mol. The van der Waals surface area contributed by atoms with Crippen LogP contribution in [-0.4, -0.2) is 42.8 Å². The summed E-state index contributed by atoms with van der Waals surface area (Å²) in [5, 5.41) is 19.0. The summed E-state index contributed by atoms with van der Waals surface area (Å²) in [4.78, 5) is 13.8. The van der Waals surface area contributed by atoms with Crippen LogP contribution in [0, 0.1) is 34.5 Å². The zero-order chi connectivity index (χ0) is 19.1. The topological polar surface area (TPSA) is 89.1 Å². The van der Waals surface area contributed by atoms with Gasteiger partial charge < -0.3 is 14.5 Å². The molecule has 0 aromatic carbocycles. The smallest absolute Gasteiger partial charge is 0.146 e. The van der Waals surface area contributed by atoms with Gasteiger partial charge >= 0.3 is 0 Å². The molecule has 0 spiro atoms. The maximum absolute atomic E-state index is 9.63. The van der Waals surface area contributed by atoms with Crippen molar-refractivity contribution < 1.29 is 4.74 Å². The molecule has 7 heteroatoms. The van der Waals surface area contributed by atoms with Gasteiger partial charge in [0.1, 0.15) is 23.8 Å². The van der Waals surface area contributed by atoms with Gasteiger partial charge in [0, 0.05) is 56.2 Å². The molecule has 2 fully saturated rings. The molecule has 0 N–H and O–H groups in total. The predicted octanol–water partition coefficient (Wildman–Crippen LogP) is 1.87. The summed E-state index contributed by atoms with van der Waals surface area (Å²) in [7, 11) is 0. The summed E-state index contributed by atoms with van der Waals surface area (Å²) >= 11 is 0. The first-order valence-electron chi connectivity index (χ1n) is 9.62. The van der Waals surface area contributed by atoms with Crippen LogP contribution in [0.5, 0.6) is 0 Å². The van der Waals surface area contributed by atoms with E-state index in [-0.39, 0.29) is 0 Å². The van der Waals surface area contributed by atoms with Crippen molar-refractivity contribution in [3.63, 3.8) is 0 Å². The predicted molar refractivity (Wildman–Crippen MR) is 103 cm³/mol. The lowest BCUT2D eigenvalue weighted by Gasteiger charge is -2.25. The number of nitriles is 2. The standard InChI is InChI=1S/C21H20N6O/c22-7-14-2-1-4-24-20(14)26-9-17-11-27(12-18(17)10-26)21-15(8-23)6-16-13-28-5-3-19(16)25-21/h1-2,4,6,17-18H,3,5,9-13H2. The number of fused-ring (bicyclic) bond motifs is 2. The molecule has 2 saturated heterocycles. The average Bonchev–Trinajstić information content (AvgIpc) is 3.32. The van der Waals surface area contributed by atoms with Crippen LogP contribution in [0.25, 0.3) is 0 Å². The summed E-state index contributed by atoms with van der Waals surface area (Å²) in [5.74, 6) is 2.58. The van der Waals surface area contributed by atoms with E-state index >= 15 is 0 Å². The summed E-state index contributed by atoms with van der Waals surface area (Å²) in [5.41, 5.74) is 3.37. The molecule has 0 aliphatic carbocycles. The molecule has 140 valence electrons. The Morgan fingerprint density at radius 2 is 1.71 bits per heavy atom. The van der Waals surface area contributed by atoms with Crippen LogP contribution in [0.15, 0.2) is 24.4 Å². The largest absolute Gasteiger partial charge is 0.376 e. The highest BCUT2D eigenvalue weighted by Crippen LogP contribution is 2.37. The Labute approximate surface area is 163 Å². The molecular weight excluding hydrogens is 352 g/mol. The minimum absolute atomic E-state index is 0.487. The van der Waals surface area contributed by atoms with Gasteiger partial charge in [-0.05, 0) is 18.2 Å². The van der Waals surface area contributed by atoms with Crippen LogP contribution < -0.4 is 9.80 Å². The Morgan fingerprint density at radius 1 is 1.00 bits per heavy atom. The molecule has 0 saturated carbocycles. The maximum atomic E-state index is 9.63. The minimum atomic E-state index is 0.487. The van der Waals surface area contributed by atoms with Crippen molar-refractivity contribution in [1.29, 1.82) is 10.5 Å². The highest BCUT2D eigenvalue weighted by molar-refractivity contribution is 5.58. The molecule has 2 aromatic heterocycles. The van der Waals surface area contributed by atoms with Crippen molar-refractivity contribution in [2.24, 2.45) is 11.8 Å². The summed E-state index contributed by atoms with van der Waals surface area (Å²) < 4.78 is 5.50. The van der Waals surface area contributed by atoms with Gasteiger partial charge in [-0.25, -0.2) is 9.97 Å². The van der Waals surface area contributed by atoms with Gasteiger partial charge in [-0.2, -0.15) is 10.5 Å². The molecule has 2 atom stereocenters. The number of hydrogen-bond acceptors (Lipinski definition) is 7. The van der Waals surface area contributed by atoms with Crippen LogP contribution >= 0.6 is 0 Å². The summed E-state index contributed by atoms with van der Waals surface area (Å²) in [6, 6.07) is 10.1. The first kappa shape index (κ1) is 17.0. The van der Waals surface area contributed by atoms with Crippen molar-refractivity contribution in [2.45, 2.75) is 13.0 Å². The second kappa shape index (κ2) is 6.78. The fourth-order valence-electron chi connectivity index (χ4n) is 4.67. The van der Waals surface area contributed by atoms with Gasteiger partial charge in [0.2, 0.25) is 0 Å². The molecule has 7 nitrogen and oxygen atoms in total. The zero-order valence-corrected chi connectivity index (χ0v) is 15.5. The first-order valence-corrected chi connectivity index (χ1v) is 9.62. The molecule has 0 amide bonds. The van der Waals surface area contributed by atoms with Crippen molar-refractivity contribution in [3.8, 4) is 12.1 Å². The van der Waals surface area contributed by atoms with Crippen LogP contribution in [0.3, 0.4) is 0 Å². The van der Waals surface area contributed by atoms with Crippen molar-refractivity contribution in [3.05, 3.63) is 46.8 Å². The number of ether oxygens (including phenoxy) is 1. The van der Waals surface area contributed by atoms with Gasteiger partial charge in [-0.15, -0.1) is 0 Å². The molecule has 2 unspecified atom stereocenters. The third-order valence-corrected chi connectivity index (χ3v) is 6.02. The van der Waals surface area contributed by atoms with E-state index in [1.165, 1.54) is 0 Å². The van der Waals surface area contributed by atoms with Gasteiger partial charge in [-0.3, -0.25) is 0 Å². The molecule has 28 heavy (non-hydrogen) atoms. The van der Waals surface area contributed by atoms with E-state index in [9.17, 15) is 10.5 Å². The quantitative estimate of drug-likeness (QED) is 0.795. The molecule has 2 aromatic rings. The fraction of sp³-hybridized carbons (Fsp3) is 0.429. The molecular formula is C21H20N6O. The second-order valence-electron chi connectivity index (χ2n) is 7.70. The molecule has 0 radical (unpaired) electrons. The van der Waals surface area contributed by atoms with E-state index in [2.05, 4.69) is 26.9 Å². The molecule has 5 rings (SSSR count). The van der Waals surface area contributed by atoms with Crippen LogP contribution in [0.2, 0.25) is 0 Å². The van der Waals surface area contributed by atoms with Crippen LogP contribution in [0.1, 0.15) is 22.4 Å². The molecule has 5 heterocycles. The fourth-order valence-corrected chi connectivity index (χ4v) is 4.67. The lowest BCUT2D eigenvalue weighted by atomic mass is 10.0. The Balaban J connectivity index is 1.36. The Hall–Kier alpha value is -3.16. The maximum Gasteiger partial charge on any atom is 0.146 e. The van der Waals surface area contributed by atoms with E-state index in [0.717, 1.165) is 55.5 Å². The van der Waals surface area contributed by atoms with E-state index in [1.54, 1.807) is 12.3 Å². The molecule has 3 aliphatic heterocycles. The summed E-state index contributed by atoms with van der Waals surface area (Å²) in [6.07, 6.45) is 2.55. The highest BCUT2D eigenvalue weighted by Gasteiger charge is 2.42. The van der Waals surface area contributed by atoms with Gasteiger partial charge in [0.15, 0.2) is 0 Å². The number of anilines is 2. The Kier molecular flexibility index (Phi) is 4.11. The van der Waals surface area contributed by atoms with E-state index < -0.39 is 0 Å². The Bertz CT molecular complexity index is 993.